The second kappa shape index (κ2) is 7.36. The van der Waals surface area contributed by atoms with E-state index in [1.807, 2.05) is 41.9 Å². The monoisotopic (exact) mass is 408 g/mol. The Morgan fingerprint density at radius 1 is 1.21 bits per heavy atom. The molecule has 0 radical (unpaired) electrons. The number of non-ortho nitro benzene ring substituents is 1. The van der Waals surface area contributed by atoms with Gasteiger partial charge in [-0.1, -0.05) is 18.2 Å². The summed E-state index contributed by atoms with van der Waals surface area (Å²) in [6.45, 7) is 1.90. The number of thiophene rings is 1. The van der Waals surface area contributed by atoms with Crippen LogP contribution in [0.2, 0.25) is 0 Å². The van der Waals surface area contributed by atoms with Crippen LogP contribution >= 0.6 is 11.3 Å². The van der Waals surface area contributed by atoms with Crippen molar-refractivity contribution < 1.29 is 14.5 Å². The van der Waals surface area contributed by atoms with Gasteiger partial charge in [0.1, 0.15) is 10.6 Å². The number of fused-ring (bicyclic) bond motifs is 1. The lowest BCUT2D eigenvalue weighted by Gasteiger charge is -2.09. The van der Waals surface area contributed by atoms with Crippen molar-refractivity contribution in [1.82, 2.24) is 9.78 Å². The topological polar surface area (TPSA) is 99.3 Å². The van der Waals surface area contributed by atoms with Crippen LogP contribution in [0.5, 0.6) is 5.75 Å². The molecule has 0 saturated heterocycles. The second-order valence-corrected chi connectivity index (χ2v) is 7.29. The summed E-state index contributed by atoms with van der Waals surface area (Å²) in [5.41, 5.74) is 1.99. The number of hydrogen-bond acceptors (Lipinski definition) is 6. The quantitative estimate of drug-likeness (QED) is 0.385. The number of nitrogens with zero attached hydrogens (tertiary/aromatic N) is 3. The first-order valence-corrected chi connectivity index (χ1v) is 9.48. The molecule has 2 aromatic heterocycles. The van der Waals surface area contributed by atoms with Crippen molar-refractivity contribution in [2.24, 2.45) is 0 Å². The van der Waals surface area contributed by atoms with Gasteiger partial charge in [-0.2, -0.15) is 5.10 Å². The molecule has 0 spiro atoms. The second-order valence-electron chi connectivity index (χ2n) is 6.26. The molecule has 4 aromatic rings. The SMILES string of the molecule is COc1cc([N+](=O)[O-])ccc1NC(=O)c1cc2c(C)nn(-c3ccccc3)c2s1. The van der Waals surface area contributed by atoms with Crippen LogP contribution in [-0.4, -0.2) is 27.7 Å². The Morgan fingerprint density at radius 3 is 2.66 bits per heavy atom. The number of ether oxygens (including phenoxy) is 1. The van der Waals surface area contributed by atoms with Gasteiger partial charge in [-0.05, 0) is 31.2 Å². The molecule has 9 heteroatoms. The van der Waals surface area contributed by atoms with E-state index in [4.69, 9.17) is 4.74 Å². The molecule has 0 aliphatic rings. The third kappa shape index (κ3) is 3.43. The summed E-state index contributed by atoms with van der Waals surface area (Å²) in [5.74, 6) is -0.0994. The van der Waals surface area contributed by atoms with Gasteiger partial charge < -0.3 is 10.1 Å². The highest BCUT2D eigenvalue weighted by molar-refractivity contribution is 7.20. The summed E-state index contributed by atoms with van der Waals surface area (Å²) in [5, 5.41) is 19.2. The van der Waals surface area contributed by atoms with E-state index < -0.39 is 4.92 Å². The molecule has 4 rings (SSSR count). The van der Waals surface area contributed by atoms with E-state index in [1.54, 1.807) is 6.07 Å². The molecular weight excluding hydrogens is 392 g/mol. The summed E-state index contributed by atoms with van der Waals surface area (Å²) in [6, 6.07) is 15.6. The van der Waals surface area contributed by atoms with Crippen LogP contribution in [0.4, 0.5) is 11.4 Å². The van der Waals surface area contributed by atoms with E-state index >= 15 is 0 Å². The molecule has 1 amide bonds. The van der Waals surface area contributed by atoms with E-state index in [0.717, 1.165) is 21.6 Å². The number of nitrogens with one attached hydrogen (secondary N) is 1. The van der Waals surface area contributed by atoms with Gasteiger partial charge in [-0.3, -0.25) is 14.9 Å². The van der Waals surface area contributed by atoms with Gasteiger partial charge >= 0.3 is 0 Å². The highest BCUT2D eigenvalue weighted by Crippen LogP contribution is 2.33. The molecule has 0 atom stereocenters. The predicted octanol–water partition coefficient (Wildman–Crippen LogP) is 4.56. The number of carbonyl (C=O) groups is 1. The molecule has 0 aliphatic heterocycles. The van der Waals surface area contributed by atoms with E-state index in [1.165, 1.54) is 36.6 Å². The molecule has 0 bridgehead atoms. The highest BCUT2D eigenvalue weighted by atomic mass is 32.1. The lowest BCUT2D eigenvalue weighted by molar-refractivity contribution is -0.384. The highest BCUT2D eigenvalue weighted by Gasteiger charge is 2.19. The van der Waals surface area contributed by atoms with Gasteiger partial charge in [-0.25, -0.2) is 4.68 Å². The smallest absolute Gasteiger partial charge is 0.273 e. The molecule has 0 unspecified atom stereocenters. The van der Waals surface area contributed by atoms with E-state index in [-0.39, 0.29) is 17.3 Å². The Morgan fingerprint density at radius 2 is 1.97 bits per heavy atom. The van der Waals surface area contributed by atoms with Crippen molar-refractivity contribution in [3.05, 3.63) is 75.3 Å². The summed E-state index contributed by atoms with van der Waals surface area (Å²) in [6.07, 6.45) is 0. The Bertz CT molecular complexity index is 1230. The van der Waals surface area contributed by atoms with Crippen LogP contribution < -0.4 is 10.1 Å². The molecular formula is C20H16N4O4S. The van der Waals surface area contributed by atoms with Crippen LogP contribution in [0.1, 0.15) is 15.4 Å². The third-order valence-electron chi connectivity index (χ3n) is 4.41. The number of para-hydroxylation sites is 1. The van der Waals surface area contributed by atoms with Crippen LogP contribution in [0.15, 0.2) is 54.6 Å². The lowest BCUT2D eigenvalue weighted by atomic mass is 10.2. The Hall–Kier alpha value is -3.72. The predicted molar refractivity (Wildman–Crippen MR) is 111 cm³/mol. The maximum atomic E-state index is 12.8. The molecule has 146 valence electrons. The average Bonchev–Trinajstić information content (AvgIpc) is 3.29. The number of nitro benzene ring substituents is 1. The molecule has 0 fully saturated rings. The number of hydrogen-bond donors (Lipinski definition) is 1. The molecule has 0 aliphatic carbocycles. The largest absolute Gasteiger partial charge is 0.494 e. The zero-order chi connectivity index (χ0) is 20.5. The van der Waals surface area contributed by atoms with Crippen molar-refractivity contribution in [3.8, 4) is 11.4 Å². The van der Waals surface area contributed by atoms with Gasteiger partial charge in [0.15, 0.2) is 0 Å². The van der Waals surface area contributed by atoms with Crippen molar-refractivity contribution in [1.29, 1.82) is 0 Å². The zero-order valence-corrected chi connectivity index (χ0v) is 16.4. The number of rotatable bonds is 5. The minimum absolute atomic E-state index is 0.111. The van der Waals surface area contributed by atoms with E-state index in [9.17, 15) is 14.9 Å². The Labute approximate surface area is 169 Å². The van der Waals surface area contributed by atoms with Crippen molar-refractivity contribution in [3.63, 3.8) is 0 Å². The number of benzene rings is 2. The fourth-order valence-corrected chi connectivity index (χ4v) is 4.06. The minimum atomic E-state index is -0.516. The first kappa shape index (κ1) is 18.6. The van der Waals surface area contributed by atoms with E-state index in [2.05, 4.69) is 10.4 Å². The minimum Gasteiger partial charge on any atom is -0.494 e. The number of nitro groups is 1. The zero-order valence-electron chi connectivity index (χ0n) is 15.6. The standard InChI is InChI=1S/C20H16N4O4S/c1-12-15-11-18(29-20(15)23(22-12)13-6-4-3-5-7-13)19(25)21-16-9-8-14(24(26)27)10-17(16)28-2/h3-11H,1-2H3,(H,21,25). The summed E-state index contributed by atoms with van der Waals surface area (Å²) < 4.78 is 7.00. The van der Waals surface area contributed by atoms with Crippen LogP contribution in [0, 0.1) is 17.0 Å². The van der Waals surface area contributed by atoms with Gasteiger partial charge in [0.25, 0.3) is 11.6 Å². The fourth-order valence-electron chi connectivity index (χ4n) is 2.98. The molecule has 2 heterocycles. The van der Waals surface area contributed by atoms with Gasteiger partial charge in [0.2, 0.25) is 0 Å². The first-order chi connectivity index (χ1) is 14.0. The number of amides is 1. The first-order valence-electron chi connectivity index (χ1n) is 8.66. The summed E-state index contributed by atoms with van der Waals surface area (Å²) in [7, 11) is 1.39. The normalized spacial score (nSPS) is 10.8. The molecule has 8 nitrogen and oxygen atoms in total. The number of anilines is 1. The maximum Gasteiger partial charge on any atom is 0.273 e. The van der Waals surface area contributed by atoms with Gasteiger partial charge in [0, 0.05) is 11.5 Å². The average molecular weight is 408 g/mol. The van der Waals surface area contributed by atoms with Crippen molar-refractivity contribution >= 4 is 38.8 Å². The number of aryl methyl sites for hydroxylation is 1. The van der Waals surface area contributed by atoms with Crippen molar-refractivity contribution in [2.45, 2.75) is 6.92 Å². The van der Waals surface area contributed by atoms with Gasteiger partial charge in [-0.15, -0.1) is 11.3 Å². The molecule has 1 N–H and O–H groups in total. The lowest BCUT2D eigenvalue weighted by Crippen LogP contribution is -2.11. The Balaban J connectivity index is 1.67. The molecule has 0 saturated carbocycles. The maximum absolute atomic E-state index is 12.8. The summed E-state index contributed by atoms with van der Waals surface area (Å²) >= 11 is 1.33. The number of carbonyl (C=O) groups excluding carboxylic acids is 1. The fraction of sp³-hybridized carbons (Fsp3) is 0.100. The molecule has 29 heavy (non-hydrogen) atoms. The van der Waals surface area contributed by atoms with E-state index in [0.29, 0.717) is 10.6 Å². The molecule has 2 aromatic carbocycles. The van der Waals surface area contributed by atoms with Crippen molar-refractivity contribution in [2.75, 3.05) is 12.4 Å². The number of methoxy groups -OCH3 is 1. The summed E-state index contributed by atoms with van der Waals surface area (Å²) in [4.78, 5) is 24.6. The number of aromatic nitrogens is 2. The van der Waals surface area contributed by atoms with Crippen LogP contribution in [0.25, 0.3) is 15.9 Å². The van der Waals surface area contributed by atoms with Crippen LogP contribution in [-0.2, 0) is 0 Å². The van der Waals surface area contributed by atoms with Crippen LogP contribution in [0.3, 0.4) is 0 Å². The van der Waals surface area contributed by atoms with Gasteiger partial charge in [0.05, 0.1) is 40.0 Å². The Kier molecular flexibility index (Phi) is 4.73. The third-order valence-corrected chi connectivity index (χ3v) is 5.52.